The van der Waals surface area contributed by atoms with Gasteiger partial charge in [-0.05, 0) is 14.0 Å². The summed E-state index contributed by atoms with van der Waals surface area (Å²) in [6.07, 6.45) is 0. The molecule has 0 atom stereocenters. The number of hydrogen-bond donors (Lipinski definition) is 1. The van der Waals surface area contributed by atoms with Crippen molar-refractivity contribution in [2.45, 2.75) is 19.5 Å². The summed E-state index contributed by atoms with van der Waals surface area (Å²) in [5.41, 5.74) is 0. The molecule has 1 N–H and O–H groups in total. The summed E-state index contributed by atoms with van der Waals surface area (Å²) in [6.45, 7) is 4.69. The summed E-state index contributed by atoms with van der Waals surface area (Å²) >= 11 is 0. The van der Waals surface area contributed by atoms with Crippen molar-refractivity contribution in [1.29, 1.82) is 0 Å². The lowest BCUT2D eigenvalue weighted by molar-refractivity contribution is 0.155. The number of aryl methyl sites for hydroxylation is 1. The topological polar surface area (TPSA) is 54.2 Å². The van der Waals surface area contributed by atoms with E-state index in [1.165, 1.54) is 0 Å². The molecule has 0 bridgehead atoms. The molecule has 1 aromatic rings. The van der Waals surface area contributed by atoms with Crippen LogP contribution in [0.2, 0.25) is 0 Å². The molecular weight excluding hydrogens is 168 g/mol. The van der Waals surface area contributed by atoms with E-state index in [0.717, 1.165) is 19.6 Å². The molecule has 5 heteroatoms. The van der Waals surface area contributed by atoms with E-state index in [-0.39, 0.29) is 0 Å². The number of rotatable bonds is 3. The Bertz CT molecular complexity index is 281. The van der Waals surface area contributed by atoms with Gasteiger partial charge in [-0.3, -0.25) is 4.90 Å². The Morgan fingerprint density at radius 3 is 2.85 bits per heavy atom. The molecule has 0 spiro atoms. The standard InChI is InChI=1S/C8H14N4O/c1-6-10-8(13-11-6)5-12(2)7-3-9-4-7/h7,9H,3-5H2,1-2H3. The van der Waals surface area contributed by atoms with E-state index in [4.69, 9.17) is 4.52 Å². The molecular formula is C8H14N4O. The van der Waals surface area contributed by atoms with Crippen LogP contribution in [0, 0.1) is 6.92 Å². The zero-order chi connectivity index (χ0) is 9.26. The molecule has 1 aliphatic heterocycles. The Kier molecular flexibility index (Phi) is 2.28. The van der Waals surface area contributed by atoms with Crippen LogP contribution in [0.1, 0.15) is 11.7 Å². The van der Waals surface area contributed by atoms with Crippen LogP contribution >= 0.6 is 0 Å². The van der Waals surface area contributed by atoms with Crippen molar-refractivity contribution in [1.82, 2.24) is 20.4 Å². The Morgan fingerprint density at radius 1 is 1.62 bits per heavy atom. The minimum absolute atomic E-state index is 0.618. The van der Waals surface area contributed by atoms with Gasteiger partial charge in [-0.2, -0.15) is 4.98 Å². The third-order valence-electron chi connectivity index (χ3n) is 2.34. The predicted octanol–water partition coefficient (Wildman–Crippen LogP) is -0.218. The average molecular weight is 182 g/mol. The maximum atomic E-state index is 5.03. The van der Waals surface area contributed by atoms with Gasteiger partial charge < -0.3 is 9.84 Å². The zero-order valence-corrected chi connectivity index (χ0v) is 7.95. The highest BCUT2D eigenvalue weighted by molar-refractivity contribution is 4.87. The molecule has 0 saturated carbocycles. The number of nitrogens with zero attached hydrogens (tertiary/aromatic N) is 3. The molecule has 5 nitrogen and oxygen atoms in total. The van der Waals surface area contributed by atoms with Crippen LogP contribution < -0.4 is 5.32 Å². The second-order valence-corrected chi connectivity index (χ2v) is 3.46. The van der Waals surface area contributed by atoms with Gasteiger partial charge in [0, 0.05) is 19.1 Å². The van der Waals surface area contributed by atoms with Crippen molar-refractivity contribution in [2.75, 3.05) is 20.1 Å². The molecule has 0 amide bonds. The normalized spacial score (nSPS) is 17.8. The number of nitrogens with one attached hydrogen (secondary N) is 1. The SMILES string of the molecule is Cc1noc(CN(C)C2CNC2)n1. The maximum absolute atomic E-state index is 5.03. The van der Waals surface area contributed by atoms with E-state index in [1.807, 2.05) is 6.92 Å². The van der Waals surface area contributed by atoms with Gasteiger partial charge in [-0.1, -0.05) is 5.16 Å². The lowest BCUT2D eigenvalue weighted by Gasteiger charge is -2.34. The van der Waals surface area contributed by atoms with Crippen molar-refractivity contribution in [2.24, 2.45) is 0 Å². The van der Waals surface area contributed by atoms with E-state index >= 15 is 0 Å². The molecule has 1 aromatic heterocycles. The van der Waals surface area contributed by atoms with Gasteiger partial charge in [0.05, 0.1) is 6.54 Å². The van der Waals surface area contributed by atoms with Crippen LogP contribution in [0.3, 0.4) is 0 Å². The van der Waals surface area contributed by atoms with Gasteiger partial charge in [-0.15, -0.1) is 0 Å². The first-order valence-electron chi connectivity index (χ1n) is 4.46. The minimum atomic E-state index is 0.618. The summed E-state index contributed by atoms with van der Waals surface area (Å²) in [7, 11) is 2.07. The first kappa shape index (κ1) is 8.65. The summed E-state index contributed by atoms with van der Waals surface area (Å²) in [5.74, 6) is 1.40. The third kappa shape index (κ3) is 1.87. The highest BCUT2D eigenvalue weighted by atomic mass is 16.5. The van der Waals surface area contributed by atoms with Crippen molar-refractivity contribution in [3.05, 3.63) is 11.7 Å². The molecule has 0 aromatic carbocycles. The summed E-state index contributed by atoms with van der Waals surface area (Å²) < 4.78 is 5.03. The summed E-state index contributed by atoms with van der Waals surface area (Å²) in [4.78, 5) is 6.38. The van der Waals surface area contributed by atoms with Gasteiger partial charge in [-0.25, -0.2) is 0 Å². The molecule has 2 rings (SSSR count). The van der Waals surface area contributed by atoms with Crippen LogP contribution in [0.25, 0.3) is 0 Å². The fourth-order valence-electron chi connectivity index (χ4n) is 1.33. The molecule has 0 radical (unpaired) electrons. The lowest BCUT2D eigenvalue weighted by atomic mass is 10.1. The van der Waals surface area contributed by atoms with Gasteiger partial charge >= 0.3 is 0 Å². The highest BCUT2D eigenvalue weighted by Gasteiger charge is 2.22. The fraction of sp³-hybridized carbons (Fsp3) is 0.750. The van der Waals surface area contributed by atoms with Crippen LogP contribution in [-0.2, 0) is 6.54 Å². The van der Waals surface area contributed by atoms with E-state index in [1.54, 1.807) is 0 Å². The van der Waals surface area contributed by atoms with Crippen molar-refractivity contribution in [3.63, 3.8) is 0 Å². The molecule has 13 heavy (non-hydrogen) atoms. The van der Waals surface area contributed by atoms with E-state index < -0.39 is 0 Å². The Morgan fingerprint density at radius 2 is 2.38 bits per heavy atom. The minimum Gasteiger partial charge on any atom is -0.338 e. The first-order chi connectivity index (χ1) is 6.25. The van der Waals surface area contributed by atoms with Crippen molar-refractivity contribution >= 4 is 0 Å². The molecule has 1 fully saturated rings. The number of likely N-dealkylation sites (N-methyl/N-ethyl adjacent to an activating group) is 1. The monoisotopic (exact) mass is 182 g/mol. The van der Waals surface area contributed by atoms with Crippen molar-refractivity contribution in [3.8, 4) is 0 Å². The molecule has 1 saturated heterocycles. The molecule has 1 aliphatic rings. The molecule has 0 unspecified atom stereocenters. The first-order valence-corrected chi connectivity index (χ1v) is 4.46. The van der Waals surface area contributed by atoms with E-state index in [2.05, 4.69) is 27.4 Å². The smallest absolute Gasteiger partial charge is 0.240 e. The van der Waals surface area contributed by atoms with Gasteiger partial charge in [0.2, 0.25) is 5.89 Å². The Hall–Kier alpha value is -0.940. The lowest BCUT2D eigenvalue weighted by Crippen LogP contribution is -2.55. The highest BCUT2D eigenvalue weighted by Crippen LogP contribution is 2.07. The number of hydrogen-bond acceptors (Lipinski definition) is 5. The average Bonchev–Trinajstić information content (AvgIpc) is 2.31. The van der Waals surface area contributed by atoms with E-state index in [9.17, 15) is 0 Å². The largest absolute Gasteiger partial charge is 0.338 e. The van der Waals surface area contributed by atoms with Gasteiger partial charge in [0.15, 0.2) is 5.82 Å². The van der Waals surface area contributed by atoms with Gasteiger partial charge in [0.1, 0.15) is 0 Å². The van der Waals surface area contributed by atoms with Gasteiger partial charge in [0.25, 0.3) is 0 Å². The second kappa shape index (κ2) is 3.43. The number of aromatic nitrogens is 2. The quantitative estimate of drug-likeness (QED) is 0.700. The Balaban J connectivity index is 1.89. The summed E-state index contributed by atoms with van der Waals surface area (Å²) in [6, 6.07) is 0.618. The molecule has 72 valence electrons. The molecule has 2 heterocycles. The molecule has 0 aliphatic carbocycles. The second-order valence-electron chi connectivity index (χ2n) is 3.46. The maximum Gasteiger partial charge on any atom is 0.240 e. The summed E-state index contributed by atoms with van der Waals surface area (Å²) in [5, 5.41) is 6.97. The van der Waals surface area contributed by atoms with Crippen molar-refractivity contribution < 1.29 is 4.52 Å². The zero-order valence-electron chi connectivity index (χ0n) is 7.95. The predicted molar refractivity (Wildman–Crippen MR) is 47.2 cm³/mol. The van der Waals surface area contributed by atoms with Crippen LogP contribution in [0.15, 0.2) is 4.52 Å². The fourth-order valence-corrected chi connectivity index (χ4v) is 1.33. The van der Waals surface area contributed by atoms with Crippen LogP contribution in [-0.4, -0.2) is 41.2 Å². The van der Waals surface area contributed by atoms with E-state index in [0.29, 0.717) is 17.8 Å². The van der Waals surface area contributed by atoms with Crippen LogP contribution in [0.5, 0.6) is 0 Å². The Labute approximate surface area is 77.1 Å². The van der Waals surface area contributed by atoms with Crippen LogP contribution in [0.4, 0.5) is 0 Å². The third-order valence-corrected chi connectivity index (χ3v) is 2.34.